The molecule has 1 fully saturated rings. The van der Waals surface area contributed by atoms with Gasteiger partial charge in [0, 0.05) is 11.8 Å². The molecular formula is C13H15FO3. The molecule has 1 N–H and O–H groups in total. The average molecular weight is 238 g/mol. The van der Waals surface area contributed by atoms with Gasteiger partial charge >= 0.3 is 5.97 Å². The zero-order valence-corrected chi connectivity index (χ0v) is 9.70. The van der Waals surface area contributed by atoms with Crippen molar-refractivity contribution < 1.29 is 19.0 Å². The number of aryl methyl sites for hydroxylation is 1. The molecule has 1 aromatic rings. The van der Waals surface area contributed by atoms with E-state index < -0.39 is 5.97 Å². The molecule has 0 radical (unpaired) electrons. The third-order valence-electron chi connectivity index (χ3n) is 3.34. The number of hydrogen-bond donors (Lipinski definition) is 1. The summed E-state index contributed by atoms with van der Waals surface area (Å²) in [5, 5.41) is 8.74. The Hall–Kier alpha value is -1.42. The Bertz CT molecular complexity index is 438. The lowest BCUT2D eigenvalue weighted by atomic mass is 9.74. The van der Waals surface area contributed by atoms with Gasteiger partial charge in [0.2, 0.25) is 0 Å². The first-order chi connectivity index (χ1) is 8.03. The van der Waals surface area contributed by atoms with Crippen LogP contribution in [0.2, 0.25) is 0 Å². The molecule has 0 amide bonds. The van der Waals surface area contributed by atoms with Crippen molar-refractivity contribution in [1.82, 2.24) is 0 Å². The number of rotatable bonds is 4. The zero-order chi connectivity index (χ0) is 12.5. The van der Waals surface area contributed by atoms with Crippen molar-refractivity contribution in [2.24, 2.45) is 0 Å². The fourth-order valence-corrected chi connectivity index (χ4v) is 2.12. The van der Waals surface area contributed by atoms with E-state index in [-0.39, 0.29) is 17.7 Å². The smallest absolute Gasteiger partial charge is 0.303 e. The Morgan fingerprint density at radius 1 is 1.53 bits per heavy atom. The number of carboxylic acid groups (broad SMARTS) is 1. The van der Waals surface area contributed by atoms with E-state index in [1.165, 1.54) is 6.07 Å². The number of hydrogen-bond acceptors (Lipinski definition) is 2. The van der Waals surface area contributed by atoms with Crippen LogP contribution in [0.4, 0.5) is 4.39 Å². The lowest BCUT2D eigenvalue weighted by molar-refractivity contribution is -0.139. The maximum Gasteiger partial charge on any atom is 0.303 e. The van der Waals surface area contributed by atoms with Crippen molar-refractivity contribution in [2.75, 3.05) is 13.2 Å². The summed E-state index contributed by atoms with van der Waals surface area (Å²) in [5.74, 6) is -1.04. The SMILES string of the molecule is Cc1cc(C2(CCC(=O)O)COC2)ccc1F. The molecule has 0 spiro atoms. The van der Waals surface area contributed by atoms with E-state index in [0.29, 0.717) is 25.2 Å². The normalized spacial score (nSPS) is 17.5. The molecule has 0 bridgehead atoms. The van der Waals surface area contributed by atoms with E-state index in [2.05, 4.69) is 0 Å². The van der Waals surface area contributed by atoms with Crippen LogP contribution in [-0.2, 0) is 14.9 Å². The van der Waals surface area contributed by atoms with Crippen molar-refractivity contribution in [3.05, 3.63) is 35.1 Å². The van der Waals surface area contributed by atoms with Crippen molar-refractivity contribution >= 4 is 5.97 Å². The topological polar surface area (TPSA) is 46.5 Å². The summed E-state index contributed by atoms with van der Waals surface area (Å²) in [7, 11) is 0. The highest BCUT2D eigenvalue weighted by molar-refractivity contribution is 5.67. The Kier molecular flexibility index (Phi) is 3.15. The Morgan fingerprint density at radius 3 is 2.71 bits per heavy atom. The fourth-order valence-electron chi connectivity index (χ4n) is 2.12. The Labute approximate surface area is 99.2 Å². The summed E-state index contributed by atoms with van der Waals surface area (Å²) in [6, 6.07) is 4.96. The van der Waals surface area contributed by atoms with Gasteiger partial charge in [-0.15, -0.1) is 0 Å². The zero-order valence-electron chi connectivity index (χ0n) is 9.70. The van der Waals surface area contributed by atoms with Crippen LogP contribution in [0.5, 0.6) is 0 Å². The lowest BCUT2D eigenvalue weighted by Gasteiger charge is -2.42. The standard InChI is InChI=1S/C13H15FO3/c1-9-6-10(2-3-11(9)14)13(7-17-8-13)5-4-12(15)16/h2-3,6H,4-5,7-8H2,1H3,(H,15,16). The van der Waals surface area contributed by atoms with Crippen LogP contribution in [0.3, 0.4) is 0 Å². The first-order valence-electron chi connectivity index (χ1n) is 5.60. The van der Waals surface area contributed by atoms with Crippen LogP contribution in [0.15, 0.2) is 18.2 Å². The van der Waals surface area contributed by atoms with Gasteiger partial charge < -0.3 is 9.84 Å². The summed E-state index contributed by atoms with van der Waals surface area (Å²) in [6.45, 7) is 2.75. The van der Waals surface area contributed by atoms with Crippen molar-refractivity contribution in [1.29, 1.82) is 0 Å². The molecule has 4 heteroatoms. The summed E-state index contributed by atoms with van der Waals surface area (Å²) in [5.41, 5.74) is 1.32. The highest BCUT2D eigenvalue weighted by Crippen LogP contribution is 2.37. The van der Waals surface area contributed by atoms with Crippen LogP contribution in [0, 0.1) is 12.7 Å². The van der Waals surface area contributed by atoms with E-state index in [9.17, 15) is 9.18 Å². The number of halogens is 1. The van der Waals surface area contributed by atoms with Crippen molar-refractivity contribution in [3.63, 3.8) is 0 Å². The minimum Gasteiger partial charge on any atom is -0.481 e. The second-order valence-corrected chi connectivity index (χ2v) is 4.63. The second kappa shape index (κ2) is 4.45. The van der Waals surface area contributed by atoms with Gasteiger partial charge in [0.05, 0.1) is 13.2 Å². The van der Waals surface area contributed by atoms with Gasteiger partial charge in [-0.2, -0.15) is 0 Å². The van der Waals surface area contributed by atoms with Crippen LogP contribution in [0.1, 0.15) is 24.0 Å². The molecule has 3 nitrogen and oxygen atoms in total. The van der Waals surface area contributed by atoms with Crippen LogP contribution in [0.25, 0.3) is 0 Å². The molecule has 0 unspecified atom stereocenters. The van der Waals surface area contributed by atoms with Gasteiger partial charge in [-0.1, -0.05) is 12.1 Å². The third-order valence-corrected chi connectivity index (χ3v) is 3.34. The molecule has 17 heavy (non-hydrogen) atoms. The number of ether oxygens (including phenoxy) is 1. The molecule has 0 atom stereocenters. The quantitative estimate of drug-likeness (QED) is 0.875. The van der Waals surface area contributed by atoms with E-state index >= 15 is 0 Å². The van der Waals surface area contributed by atoms with Gasteiger partial charge in [-0.3, -0.25) is 4.79 Å². The Morgan fingerprint density at radius 2 is 2.24 bits per heavy atom. The van der Waals surface area contributed by atoms with Crippen LogP contribution in [-0.4, -0.2) is 24.3 Å². The molecule has 1 aliphatic heterocycles. The van der Waals surface area contributed by atoms with E-state index in [0.717, 1.165) is 5.56 Å². The fraction of sp³-hybridized carbons (Fsp3) is 0.462. The van der Waals surface area contributed by atoms with Crippen molar-refractivity contribution in [2.45, 2.75) is 25.2 Å². The van der Waals surface area contributed by atoms with E-state index in [4.69, 9.17) is 9.84 Å². The minimum atomic E-state index is -0.810. The molecule has 1 saturated heterocycles. The number of carboxylic acids is 1. The largest absolute Gasteiger partial charge is 0.481 e. The van der Waals surface area contributed by atoms with Gasteiger partial charge in [0.1, 0.15) is 5.82 Å². The lowest BCUT2D eigenvalue weighted by Crippen LogP contribution is -2.47. The highest BCUT2D eigenvalue weighted by Gasteiger charge is 2.40. The van der Waals surface area contributed by atoms with Crippen LogP contribution >= 0.6 is 0 Å². The van der Waals surface area contributed by atoms with Gasteiger partial charge in [0.15, 0.2) is 0 Å². The first kappa shape index (κ1) is 12.0. The minimum absolute atomic E-state index is 0.111. The third kappa shape index (κ3) is 2.31. The average Bonchev–Trinajstić information content (AvgIpc) is 2.21. The molecule has 1 heterocycles. The number of carbonyl (C=O) groups is 1. The monoisotopic (exact) mass is 238 g/mol. The van der Waals surface area contributed by atoms with E-state index in [1.807, 2.05) is 0 Å². The second-order valence-electron chi connectivity index (χ2n) is 4.63. The van der Waals surface area contributed by atoms with Crippen molar-refractivity contribution in [3.8, 4) is 0 Å². The predicted octanol–water partition coefficient (Wildman–Crippen LogP) is 2.27. The molecule has 0 aromatic heterocycles. The predicted molar refractivity (Wildman–Crippen MR) is 60.5 cm³/mol. The number of benzene rings is 1. The van der Waals surface area contributed by atoms with Gasteiger partial charge in [0.25, 0.3) is 0 Å². The summed E-state index contributed by atoms with van der Waals surface area (Å²) in [6.07, 6.45) is 0.646. The molecule has 92 valence electrons. The summed E-state index contributed by atoms with van der Waals surface area (Å²) in [4.78, 5) is 10.6. The molecule has 2 rings (SSSR count). The van der Waals surface area contributed by atoms with Crippen LogP contribution < -0.4 is 0 Å². The maximum atomic E-state index is 13.2. The summed E-state index contributed by atoms with van der Waals surface area (Å²) >= 11 is 0. The molecular weight excluding hydrogens is 223 g/mol. The molecule has 0 aliphatic carbocycles. The molecule has 0 saturated carbocycles. The van der Waals surface area contributed by atoms with Gasteiger partial charge in [-0.25, -0.2) is 4.39 Å². The highest BCUT2D eigenvalue weighted by atomic mass is 19.1. The van der Waals surface area contributed by atoms with Gasteiger partial charge in [-0.05, 0) is 30.5 Å². The van der Waals surface area contributed by atoms with E-state index in [1.54, 1.807) is 19.1 Å². The first-order valence-corrected chi connectivity index (χ1v) is 5.60. The Balaban J connectivity index is 2.22. The maximum absolute atomic E-state index is 13.2. The molecule has 1 aromatic carbocycles. The molecule has 1 aliphatic rings. The number of aliphatic carboxylic acids is 1. The summed E-state index contributed by atoms with van der Waals surface area (Å²) < 4.78 is 18.4.